The Kier molecular flexibility index (Phi) is 1.83. The monoisotopic (exact) mass is 214 g/mol. The minimum Gasteiger partial charge on any atom is -0.282 e. The third kappa shape index (κ3) is 1.55. The molecule has 0 atom stereocenters. The first-order chi connectivity index (χ1) is 6.07. The lowest BCUT2D eigenvalue weighted by atomic mass is 10.3. The van der Waals surface area contributed by atoms with Gasteiger partial charge in [0.15, 0.2) is 5.51 Å². The van der Waals surface area contributed by atoms with Gasteiger partial charge in [0.25, 0.3) is 10.1 Å². The minimum absolute atomic E-state index is 0.113. The molecule has 6 heteroatoms. The zero-order chi connectivity index (χ0) is 9.47. The van der Waals surface area contributed by atoms with E-state index < -0.39 is 10.1 Å². The maximum atomic E-state index is 10.7. The van der Waals surface area contributed by atoms with Crippen LogP contribution in [0.15, 0.2) is 23.1 Å². The second-order valence-corrected chi connectivity index (χ2v) is 4.66. The molecule has 1 heterocycles. The molecule has 0 spiro atoms. The van der Waals surface area contributed by atoms with Crippen LogP contribution in [-0.4, -0.2) is 18.0 Å². The van der Waals surface area contributed by atoms with Gasteiger partial charge >= 0.3 is 0 Å². The highest BCUT2D eigenvalue weighted by Crippen LogP contribution is 2.20. The van der Waals surface area contributed by atoms with Gasteiger partial charge in [-0.05, 0) is 18.2 Å². The Morgan fingerprint density at radius 3 is 2.92 bits per heavy atom. The smallest absolute Gasteiger partial charge is 0.282 e. The summed E-state index contributed by atoms with van der Waals surface area (Å²) in [6.45, 7) is 0. The van der Waals surface area contributed by atoms with Gasteiger partial charge in [0, 0.05) is 0 Å². The molecule has 1 aromatic carbocycles. The van der Waals surface area contributed by atoms with E-state index in [9.17, 15) is 8.42 Å². The van der Waals surface area contributed by atoms with Gasteiger partial charge in [-0.2, -0.15) is 8.42 Å². The predicted octanol–water partition coefficient (Wildman–Crippen LogP) is 1.34. The second kappa shape index (κ2) is 2.76. The zero-order valence-electron chi connectivity index (χ0n) is 6.26. The Hall–Kier alpha value is -0.980. The second-order valence-electron chi connectivity index (χ2n) is 2.41. The van der Waals surface area contributed by atoms with Gasteiger partial charge < -0.3 is 0 Å². The molecule has 0 amide bonds. The Balaban J connectivity index is 2.75. The van der Waals surface area contributed by atoms with Crippen molar-refractivity contribution in [1.82, 2.24) is 4.98 Å². The Labute approximate surface area is 78.6 Å². The zero-order valence-corrected chi connectivity index (χ0v) is 7.89. The van der Waals surface area contributed by atoms with E-state index in [0.717, 1.165) is 0 Å². The van der Waals surface area contributed by atoms with Crippen molar-refractivity contribution in [2.45, 2.75) is 4.90 Å². The third-order valence-corrected chi connectivity index (χ3v) is 3.13. The van der Waals surface area contributed by atoms with Crippen LogP contribution in [-0.2, 0) is 10.1 Å². The molecule has 0 aliphatic heterocycles. The van der Waals surface area contributed by atoms with Crippen molar-refractivity contribution >= 4 is 31.7 Å². The van der Waals surface area contributed by atoms with Crippen LogP contribution < -0.4 is 0 Å². The van der Waals surface area contributed by atoms with Crippen molar-refractivity contribution in [2.75, 3.05) is 0 Å². The molecule has 0 aliphatic rings. The van der Waals surface area contributed by atoms with E-state index in [4.69, 9.17) is 4.55 Å². The van der Waals surface area contributed by atoms with Gasteiger partial charge in [-0.1, -0.05) is 0 Å². The van der Waals surface area contributed by atoms with Crippen LogP contribution in [0.1, 0.15) is 0 Å². The standard InChI is InChI=1S/C7H4NO3S2/c9-13(10,11)5-1-2-6-7(3-5)12-4-8-6/h1-3H,(H,9,10,11). The number of fused-ring (bicyclic) bond motifs is 1. The lowest BCUT2D eigenvalue weighted by Crippen LogP contribution is -1.96. The van der Waals surface area contributed by atoms with Gasteiger partial charge in [-0.15, -0.1) is 11.3 Å². The molecule has 67 valence electrons. The molecule has 1 N–H and O–H groups in total. The van der Waals surface area contributed by atoms with Gasteiger partial charge in [0.1, 0.15) is 0 Å². The topological polar surface area (TPSA) is 67.3 Å². The van der Waals surface area contributed by atoms with E-state index in [0.29, 0.717) is 10.2 Å². The highest BCUT2D eigenvalue weighted by Gasteiger charge is 2.10. The molecule has 2 rings (SSSR count). The van der Waals surface area contributed by atoms with Gasteiger partial charge in [0.05, 0.1) is 15.1 Å². The van der Waals surface area contributed by atoms with Crippen LogP contribution in [0.25, 0.3) is 10.2 Å². The Morgan fingerprint density at radius 2 is 2.23 bits per heavy atom. The van der Waals surface area contributed by atoms with Gasteiger partial charge in [-0.25, -0.2) is 4.98 Å². The van der Waals surface area contributed by atoms with Crippen LogP contribution in [0, 0.1) is 5.51 Å². The number of aromatic nitrogens is 1. The molecule has 0 saturated carbocycles. The molecule has 13 heavy (non-hydrogen) atoms. The number of hydrogen-bond acceptors (Lipinski definition) is 4. The van der Waals surface area contributed by atoms with E-state index in [1.54, 1.807) is 0 Å². The van der Waals surface area contributed by atoms with Crippen LogP contribution in [0.2, 0.25) is 0 Å². The quantitative estimate of drug-likeness (QED) is 0.727. The average molecular weight is 214 g/mol. The molecule has 0 unspecified atom stereocenters. The number of hydrogen-bond donors (Lipinski definition) is 1. The van der Waals surface area contributed by atoms with Crippen LogP contribution in [0.4, 0.5) is 0 Å². The van der Waals surface area contributed by atoms with Gasteiger partial charge in [-0.3, -0.25) is 4.55 Å². The largest absolute Gasteiger partial charge is 0.294 e. The van der Waals surface area contributed by atoms with E-state index >= 15 is 0 Å². The number of rotatable bonds is 1. The maximum Gasteiger partial charge on any atom is 0.294 e. The number of thiazole rings is 1. The van der Waals surface area contributed by atoms with Crippen molar-refractivity contribution in [2.24, 2.45) is 0 Å². The maximum absolute atomic E-state index is 10.7. The highest BCUT2D eigenvalue weighted by molar-refractivity contribution is 7.85. The fourth-order valence-corrected chi connectivity index (χ4v) is 2.18. The summed E-state index contributed by atoms with van der Waals surface area (Å²) in [5.74, 6) is 0. The lowest BCUT2D eigenvalue weighted by molar-refractivity contribution is 0.483. The van der Waals surface area contributed by atoms with Crippen molar-refractivity contribution in [3.63, 3.8) is 0 Å². The Morgan fingerprint density at radius 1 is 1.46 bits per heavy atom. The predicted molar refractivity (Wildman–Crippen MR) is 48.3 cm³/mol. The Bertz CT molecular complexity index is 544. The summed E-state index contributed by atoms with van der Waals surface area (Å²) in [5, 5.41) is 0. The molecule has 0 bridgehead atoms. The normalized spacial score (nSPS) is 12.1. The van der Waals surface area contributed by atoms with Crippen molar-refractivity contribution in [1.29, 1.82) is 0 Å². The van der Waals surface area contributed by atoms with Crippen molar-refractivity contribution in [3.8, 4) is 0 Å². The first kappa shape index (κ1) is 8.61. The summed E-state index contributed by atoms with van der Waals surface area (Å²) in [7, 11) is -4.11. The van der Waals surface area contributed by atoms with Gasteiger partial charge in [0.2, 0.25) is 0 Å². The average Bonchev–Trinajstić information content (AvgIpc) is 2.47. The molecule has 0 aliphatic carbocycles. The number of benzene rings is 1. The van der Waals surface area contributed by atoms with Crippen molar-refractivity contribution in [3.05, 3.63) is 23.7 Å². The summed E-state index contributed by atoms with van der Waals surface area (Å²) < 4.78 is 30.9. The molecule has 1 aromatic heterocycles. The summed E-state index contributed by atoms with van der Waals surface area (Å²) >= 11 is 1.21. The minimum atomic E-state index is -4.11. The molecule has 0 fully saturated rings. The molecule has 1 radical (unpaired) electrons. The summed E-state index contributed by atoms with van der Waals surface area (Å²) in [6, 6.07) is 4.22. The molecule has 4 nitrogen and oxygen atoms in total. The first-order valence-corrected chi connectivity index (χ1v) is 5.57. The van der Waals surface area contributed by atoms with Crippen LogP contribution in [0.3, 0.4) is 0 Å². The molecule has 0 saturated heterocycles. The molecular weight excluding hydrogens is 210 g/mol. The SMILES string of the molecule is O=S(=O)(O)c1ccc2n[c]sc2c1. The molecule has 2 aromatic rings. The fourth-order valence-electron chi connectivity index (χ4n) is 0.950. The fraction of sp³-hybridized carbons (Fsp3) is 0. The van der Waals surface area contributed by atoms with E-state index in [1.807, 2.05) is 0 Å². The highest BCUT2D eigenvalue weighted by atomic mass is 32.2. The van der Waals surface area contributed by atoms with E-state index in [2.05, 4.69) is 10.5 Å². The van der Waals surface area contributed by atoms with Crippen LogP contribution in [0.5, 0.6) is 0 Å². The number of nitrogens with zero attached hydrogens (tertiary/aromatic N) is 1. The lowest BCUT2D eigenvalue weighted by Gasteiger charge is -1.94. The summed E-state index contributed by atoms with van der Waals surface area (Å²) in [4.78, 5) is 3.75. The first-order valence-electron chi connectivity index (χ1n) is 3.31. The van der Waals surface area contributed by atoms with Crippen molar-refractivity contribution < 1.29 is 13.0 Å². The van der Waals surface area contributed by atoms with Crippen LogP contribution >= 0.6 is 11.3 Å². The molecular formula is C7H4NO3S2. The van der Waals surface area contributed by atoms with E-state index in [1.165, 1.54) is 29.5 Å². The third-order valence-electron chi connectivity index (χ3n) is 1.55. The summed E-state index contributed by atoms with van der Waals surface area (Å²) in [6.07, 6.45) is 0. The van der Waals surface area contributed by atoms with E-state index in [-0.39, 0.29) is 4.90 Å². The summed E-state index contributed by atoms with van der Waals surface area (Å²) in [5.41, 5.74) is 3.31.